The quantitative estimate of drug-likeness (QED) is 0.710. The van der Waals surface area contributed by atoms with Gasteiger partial charge in [-0.2, -0.15) is 0 Å². The highest BCUT2D eigenvalue weighted by Crippen LogP contribution is 2.41. The van der Waals surface area contributed by atoms with Crippen molar-refractivity contribution >= 4 is 39.0 Å². The highest BCUT2D eigenvalue weighted by atomic mass is 79.9. The van der Waals surface area contributed by atoms with Gasteiger partial charge in [-0.1, -0.05) is 25.6 Å². The number of halogens is 1. The van der Waals surface area contributed by atoms with Crippen LogP contribution in [-0.2, 0) is 6.54 Å². The van der Waals surface area contributed by atoms with Gasteiger partial charge in [-0.05, 0) is 40.9 Å². The van der Waals surface area contributed by atoms with E-state index in [9.17, 15) is 4.79 Å². The van der Waals surface area contributed by atoms with Crippen molar-refractivity contribution in [2.24, 2.45) is 5.73 Å². The van der Waals surface area contributed by atoms with Crippen molar-refractivity contribution in [3.8, 4) is 0 Å². The summed E-state index contributed by atoms with van der Waals surface area (Å²) in [6.07, 6.45) is 1.76. The Morgan fingerprint density at radius 1 is 1.52 bits per heavy atom. The van der Waals surface area contributed by atoms with Gasteiger partial charge in [-0.3, -0.25) is 4.57 Å². The molecule has 0 aliphatic rings. The number of hydrogen-bond acceptors (Lipinski definition) is 5. The maximum Gasteiger partial charge on any atom is 0.343 e. The van der Waals surface area contributed by atoms with Crippen molar-refractivity contribution < 1.29 is 0 Å². The van der Waals surface area contributed by atoms with E-state index in [-0.39, 0.29) is 17.0 Å². The third kappa shape index (κ3) is 4.00. The zero-order valence-corrected chi connectivity index (χ0v) is 15.2. The second-order valence-electron chi connectivity index (χ2n) is 4.72. The number of rotatable bonds is 7. The first-order valence-electron chi connectivity index (χ1n) is 6.89. The van der Waals surface area contributed by atoms with Gasteiger partial charge >= 0.3 is 5.69 Å². The molecule has 3 N–H and O–H groups in total. The SMILES string of the molecule is CCCn1c(SC(c2ccc(Br)s2)C(N)CC)n[nH]c1=O. The van der Waals surface area contributed by atoms with Gasteiger partial charge in [-0.25, -0.2) is 9.89 Å². The molecule has 2 aromatic rings. The maximum atomic E-state index is 11.8. The molecule has 21 heavy (non-hydrogen) atoms. The van der Waals surface area contributed by atoms with Crippen LogP contribution in [0.2, 0.25) is 0 Å². The van der Waals surface area contributed by atoms with Crippen molar-refractivity contribution in [1.82, 2.24) is 14.8 Å². The molecule has 0 amide bonds. The van der Waals surface area contributed by atoms with Crippen LogP contribution < -0.4 is 11.4 Å². The summed E-state index contributed by atoms with van der Waals surface area (Å²) in [6, 6.07) is 4.12. The molecule has 2 atom stereocenters. The summed E-state index contributed by atoms with van der Waals surface area (Å²) in [6.45, 7) is 4.78. The molecule has 5 nitrogen and oxygen atoms in total. The number of aromatic nitrogens is 3. The van der Waals surface area contributed by atoms with E-state index in [0.717, 1.165) is 16.6 Å². The molecular weight excluding hydrogens is 372 g/mol. The van der Waals surface area contributed by atoms with E-state index < -0.39 is 0 Å². The maximum absolute atomic E-state index is 11.8. The fourth-order valence-corrected chi connectivity index (χ4v) is 4.94. The van der Waals surface area contributed by atoms with Gasteiger partial charge in [0.15, 0.2) is 5.16 Å². The number of thioether (sulfide) groups is 1. The van der Waals surface area contributed by atoms with Crippen LogP contribution in [0.5, 0.6) is 0 Å². The summed E-state index contributed by atoms with van der Waals surface area (Å²) in [5, 5.41) is 7.48. The van der Waals surface area contributed by atoms with Crippen LogP contribution in [-0.4, -0.2) is 20.8 Å². The van der Waals surface area contributed by atoms with E-state index in [4.69, 9.17) is 5.73 Å². The third-order valence-corrected chi connectivity index (χ3v) is 6.37. The average Bonchev–Trinajstić information content (AvgIpc) is 3.04. The van der Waals surface area contributed by atoms with Crippen LogP contribution in [0.25, 0.3) is 0 Å². The van der Waals surface area contributed by atoms with Crippen LogP contribution in [0.4, 0.5) is 0 Å². The summed E-state index contributed by atoms with van der Waals surface area (Å²) in [5.41, 5.74) is 6.13. The molecule has 0 fully saturated rings. The number of thiophene rings is 1. The molecule has 2 aromatic heterocycles. The number of hydrogen-bond donors (Lipinski definition) is 2. The Bertz CT molecular complexity index is 636. The van der Waals surface area contributed by atoms with E-state index in [0.29, 0.717) is 11.7 Å². The molecule has 2 heterocycles. The molecular formula is C13H19BrN4OS2. The number of nitrogens with two attached hydrogens (primary N) is 1. The lowest BCUT2D eigenvalue weighted by Gasteiger charge is -2.20. The predicted octanol–water partition coefficient (Wildman–Crippen LogP) is 3.38. The fraction of sp³-hybridized carbons (Fsp3) is 0.538. The Morgan fingerprint density at radius 2 is 2.29 bits per heavy atom. The number of aromatic amines is 1. The van der Waals surface area contributed by atoms with Crippen molar-refractivity contribution in [1.29, 1.82) is 0 Å². The van der Waals surface area contributed by atoms with Crippen molar-refractivity contribution in [3.63, 3.8) is 0 Å². The van der Waals surface area contributed by atoms with E-state index in [1.165, 1.54) is 4.88 Å². The topological polar surface area (TPSA) is 76.7 Å². The number of nitrogens with zero attached hydrogens (tertiary/aromatic N) is 2. The standard InChI is InChI=1S/C13H19BrN4OS2/c1-3-7-18-12(19)16-17-13(18)21-11(8(15)4-2)9-5-6-10(14)20-9/h5-6,8,11H,3-4,7,15H2,1-2H3,(H,16,19). The summed E-state index contributed by atoms with van der Waals surface area (Å²) < 4.78 is 2.77. The Labute approximate surface area is 140 Å². The zero-order valence-electron chi connectivity index (χ0n) is 12.0. The van der Waals surface area contributed by atoms with Gasteiger partial charge in [0, 0.05) is 17.5 Å². The van der Waals surface area contributed by atoms with Gasteiger partial charge < -0.3 is 5.73 Å². The molecule has 0 aromatic carbocycles. The smallest absolute Gasteiger partial charge is 0.326 e. The minimum absolute atomic E-state index is 0.0161. The third-order valence-electron chi connectivity index (χ3n) is 3.14. The minimum Gasteiger partial charge on any atom is -0.326 e. The van der Waals surface area contributed by atoms with E-state index in [1.54, 1.807) is 27.7 Å². The first-order valence-corrected chi connectivity index (χ1v) is 9.38. The van der Waals surface area contributed by atoms with Gasteiger partial charge in [0.05, 0.1) is 9.04 Å². The Hall–Kier alpha value is -0.570. The lowest BCUT2D eigenvalue weighted by molar-refractivity contribution is 0.596. The Balaban J connectivity index is 2.29. The van der Waals surface area contributed by atoms with Crippen LogP contribution in [0.1, 0.15) is 36.8 Å². The summed E-state index contributed by atoms with van der Waals surface area (Å²) in [5.74, 6) is 0. The van der Waals surface area contributed by atoms with Crippen LogP contribution in [0, 0.1) is 0 Å². The Morgan fingerprint density at radius 3 is 2.86 bits per heavy atom. The second kappa shape index (κ2) is 7.62. The van der Waals surface area contributed by atoms with Gasteiger partial charge in [-0.15, -0.1) is 16.4 Å². The van der Waals surface area contributed by atoms with Crippen LogP contribution in [0.15, 0.2) is 25.9 Å². The summed E-state index contributed by atoms with van der Waals surface area (Å²) in [4.78, 5) is 13.0. The van der Waals surface area contributed by atoms with Crippen molar-refractivity contribution in [3.05, 3.63) is 31.3 Å². The number of nitrogens with one attached hydrogen (secondary N) is 1. The monoisotopic (exact) mass is 390 g/mol. The first-order chi connectivity index (χ1) is 10.1. The molecule has 0 bridgehead atoms. The molecule has 116 valence electrons. The molecule has 0 radical (unpaired) electrons. The first kappa shape index (κ1) is 16.8. The van der Waals surface area contributed by atoms with Crippen molar-refractivity contribution in [2.75, 3.05) is 0 Å². The average molecular weight is 391 g/mol. The second-order valence-corrected chi connectivity index (χ2v) is 8.32. The highest BCUT2D eigenvalue weighted by Gasteiger charge is 2.24. The minimum atomic E-state index is -0.157. The Kier molecular flexibility index (Phi) is 6.09. The van der Waals surface area contributed by atoms with Crippen molar-refractivity contribution in [2.45, 2.75) is 49.7 Å². The zero-order chi connectivity index (χ0) is 15.4. The van der Waals surface area contributed by atoms with E-state index >= 15 is 0 Å². The largest absolute Gasteiger partial charge is 0.343 e. The van der Waals surface area contributed by atoms with Gasteiger partial charge in [0.2, 0.25) is 0 Å². The molecule has 2 rings (SSSR count). The number of H-pyrrole nitrogens is 1. The molecule has 8 heteroatoms. The van der Waals surface area contributed by atoms with Gasteiger partial charge in [0.25, 0.3) is 0 Å². The summed E-state index contributed by atoms with van der Waals surface area (Å²) in [7, 11) is 0. The molecule has 0 saturated heterocycles. The summed E-state index contributed by atoms with van der Waals surface area (Å²) >= 11 is 6.73. The molecule has 0 aliphatic heterocycles. The predicted molar refractivity (Wildman–Crippen MR) is 92.0 cm³/mol. The molecule has 0 aliphatic carbocycles. The van der Waals surface area contributed by atoms with E-state index in [1.807, 2.05) is 13.0 Å². The van der Waals surface area contributed by atoms with Gasteiger partial charge in [0.1, 0.15) is 0 Å². The molecule has 2 unspecified atom stereocenters. The molecule has 0 spiro atoms. The molecule has 0 saturated carbocycles. The van der Waals surface area contributed by atoms with E-state index in [2.05, 4.69) is 39.1 Å². The lowest BCUT2D eigenvalue weighted by atomic mass is 10.1. The lowest BCUT2D eigenvalue weighted by Crippen LogP contribution is -2.26. The highest BCUT2D eigenvalue weighted by molar-refractivity contribution is 9.11. The van der Waals surface area contributed by atoms with Crippen LogP contribution in [0.3, 0.4) is 0 Å². The fourth-order valence-electron chi connectivity index (χ4n) is 1.98. The van der Waals surface area contributed by atoms with Crippen LogP contribution >= 0.6 is 39.0 Å². The normalized spacial score (nSPS) is 14.3.